The lowest BCUT2D eigenvalue weighted by Crippen LogP contribution is -2.62. The highest BCUT2D eigenvalue weighted by Crippen LogP contribution is 2.62. The van der Waals surface area contributed by atoms with Crippen molar-refractivity contribution in [2.75, 3.05) is 25.0 Å². The van der Waals surface area contributed by atoms with E-state index in [0.717, 1.165) is 6.54 Å². The van der Waals surface area contributed by atoms with Crippen LogP contribution in [0, 0.1) is 45.3 Å². The molecule has 0 fully saturated rings. The van der Waals surface area contributed by atoms with Crippen molar-refractivity contribution in [1.29, 1.82) is 15.8 Å². The van der Waals surface area contributed by atoms with Gasteiger partial charge in [0.2, 0.25) is 11.3 Å². The zero-order valence-corrected chi connectivity index (χ0v) is 15.4. The zero-order chi connectivity index (χ0) is 20.1. The van der Waals surface area contributed by atoms with E-state index in [1.165, 1.54) is 0 Å². The number of rotatable bonds is 1. The molecule has 1 aliphatic carbocycles. The standard InChI is InChI=1S/C21H18N6O/c1-2-27-8-7-13-14(9-22)18(25)20(11-23,12-24)21(16(13)10-27)15-5-3-4-6-17(15)26-19(21)28/h3-7,16H,2,8,10,25H2,1H3,(H,26,28). The first-order chi connectivity index (χ1) is 13.5. The summed E-state index contributed by atoms with van der Waals surface area (Å²) in [5, 5.41) is 33.0. The summed E-state index contributed by atoms with van der Waals surface area (Å²) >= 11 is 0. The van der Waals surface area contributed by atoms with Gasteiger partial charge in [0.15, 0.2) is 0 Å². The van der Waals surface area contributed by atoms with Crippen molar-refractivity contribution in [2.24, 2.45) is 17.1 Å². The summed E-state index contributed by atoms with van der Waals surface area (Å²) in [6, 6.07) is 13.3. The van der Waals surface area contributed by atoms with E-state index >= 15 is 0 Å². The summed E-state index contributed by atoms with van der Waals surface area (Å²) in [5.74, 6) is -0.961. The Labute approximate surface area is 162 Å². The summed E-state index contributed by atoms with van der Waals surface area (Å²) < 4.78 is 0. The molecule has 7 nitrogen and oxygen atoms in total. The van der Waals surface area contributed by atoms with E-state index in [4.69, 9.17) is 5.73 Å². The molecule has 2 aliphatic heterocycles. The number of nitriles is 3. The van der Waals surface area contributed by atoms with Crippen molar-refractivity contribution < 1.29 is 4.79 Å². The molecule has 0 radical (unpaired) electrons. The van der Waals surface area contributed by atoms with Gasteiger partial charge in [-0.3, -0.25) is 9.69 Å². The molecule has 3 aliphatic rings. The lowest BCUT2D eigenvalue weighted by Gasteiger charge is -2.50. The number of benzene rings is 1. The van der Waals surface area contributed by atoms with Gasteiger partial charge in [0.1, 0.15) is 11.5 Å². The highest BCUT2D eigenvalue weighted by atomic mass is 16.2. The zero-order valence-electron chi connectivity index (χ0n) is 15.4. The molecule has 0 saturated carbocycles. The molecule has 1 aromatic rings. The number of hydrogen-bond donors (Lipinski definition) is 2. The van der Waals surface area contributed by atoms with Crippen molar-refractivity contribution in [3.8, 4) is 18.2 Å². The predicted molar refractivity (Wildman–Crippen MR) is 101 cm³/mol. The van der Waals surface area contributed by atoms with Crippen LogP contribution in [0.5, 0.6) is 0 Å². The van der Waals surface area contributed by atoms with Crippen LogP contribution in [0.2, 0.25) is 0 Å². The third kappa shape index (κ3) is 1.80. The van der Waals surface area contributed by atoms with E-state index in [0.29, 0.717) is 29.9 Å². The number of carbonyl (C=O) groups excluding carboxylic acids is 1. The van der Waals surface area contributed by atoms with Crippen LogP contribution in [0.25, 0.3) is 0 Å². The van der Waals surface area contributed by atoms with Crippen LogP contribution in [0.4, 0.5) is 5.69 Å². The fraction of sp³-hybridized carbons (Fsp3) is 0.333. The van der Waals surface area contributed by atoms with E-state index in [-0.39, 0.29) is 11.3 Å². The van der Waals surface area contributed by atoms with Gasteiger partial charge >= 0.3 is 0 Å². The number of nitrogens with zero attached hydrogens (tertiary/aromatic N) is 4. The minimum Gasteiger partial charge on any atom is -0.399 e. The number of nitrogens with one attached hydrogen (secondary N) is 1. The van der Waals surface area contributed by atoms with Gasteiger partial charge in [-0.05, 0) is 23.7 Å². The van der Waals surface area contributed by atoms with E-state index in [2.05, 4.69) is 16.3 Å². The number of para-hydroxylation sites is 1. The average Bonchev–Trinajstić information content (AvgIpc) is 3.02. The predicted octanol–water partition coefficient (Wildman–Crippen LogP) is 1.54. The molecule has 28 heavy (non-hydrogen) atoms. The largest absolute Gasteiger partial charge is 0.399 e. The van der Waals surface area contributed by atoms with Crippen molar-refractivity contribution in [3.63, 3.8) is 0 Å². The Balaban J connectivity index is 2.17. The number of anilines is 1. The molecule has 0 aromatic heterocycles. The van der Waals surface area contributed by atoms with Gasteiger partial charge in [-0.1, -0.05) is 31.2 Å². The van der Waals surface area contributed by atoms with E-state index in [9.17, 15) is 20.6 Å². The molecule has 0 bridgehead atoms. The summed E-state index contributed by atoms with van der Waals surface area (Å²) in [6.07, 6.45) is 1.90. The third-order valence-electron chi connectivity index (χ3n) is 6.31. The number of likely N-dealkylation sites (N-methyl/N-ethyl adjacent to an activating group) is 1. The SMILES string of the molecule is CCN1CC=C2C(C#N)=C(N)C(C#N)(C#N)C3(C(=O)Nc4ccccc43)C2C1. The maximum Gasteiger partial charge on any atom is 0.238 e. The second-order valence-electron chi connectivity index (χ2n) is 7.25. The first kappa shape index (κ1) is 17.8. The monoisotopic (exact) mass is 370 g/mol. The number of nitrogens with two attached hydrogens (primary N) is 1. The second-order valence-corrected chi connectivity index (χ2v) is 7.25. The molecule has 2 heterocycles. The Hall–Kier alpha value is -3.60. The fourth-order valence-corrected chi connectivity index (χ4v) is 4.97. The molecular weight excluding hydrogens is 352 g/mol. The van der Waals surface area contributed by atoms with E-state index in [1.807, 2.05) is 25.1 Å². The van der Waals surface area contributed by atoms with Crippen molar-refractivity contribution in [1.82, 2.24) is 4.90 Å². The third-order valence-corrected chi connectivity index (χ3v) is 6.31. The summed E-state index contributed by atoms with van der Waals surface area (Å²) in [5.41, 5.74) is 4.63. The number of hydrogen-bond acceptors (Lipinski definition) is 6. The Bertz CT molecular complexity index is 1070. The molecule has 7 heteroatoms. The van der Waals surface area contributed by atoms with Crippen LogP contribution < -0.4 is 11.1 Å². The fourth-order valence-electron chi connectivity index (χ4n) is 4.97. The molecule has 1 spiro atoms. The van der Waals surface area contributed by atoms with E-state index < -0.39 is 22.7 Å². The number of amides is 1. The van der Waals surface area contributed by atoms with Gasteiger partial charge in [-0.25, -0.2) is 0 Å². The molecule has 1 aromatic carbocycles. The Morgan fingerprint density at radius 3 is 2.64 bits per heavy atom. The smallest absolute Gasteiger partial charge is 0.238 e. The molecule has 4 rings (SSSR count). The number of carbonyl (C=O) groups is 1. The molecule has 2 atom stereocenters. The Morgan fingerprint density at radius 1 is 1.29 bits per heavy atom. The van der Waals surface area contributed by atoms with Gasteiger partial charge in [0, 0.05) is 24.7 Å². The maximum absolute atomic E-state index is 13.5. The Morgan fingerprint density at radius 2 is 2.00 bits per heavy atom. The highest BCUT2D eigenvalue weighted by molar-refractivity contribution is 6.09. The van der Waals surface area contributed by atoms with Gasteiger partial charge in [0.05, 0.1) is 23.4 Å². The summed E-state index contributed by atoms with van der Waals surface area (Å²) in [4.78, 5) is 15.6. The topological polar surface area (TPSA) is 130 Å². The lowest BCUT2D eigenvalue weighted by atomic mass is 9.48. The number of fused-ring (bicyclic) bond motifs is 4. The second kappa shape index (κ2) is 5.96. The van der Waals surface area contributed by atoms with Crippen molar-refractivity contribution in [2.45, 2.75) is 12.3 Å². The molecule has 2 unspecified atom stereocenters. The number of allylic oxidation sites excluding steroid dienone is 2. The molecule has 138 valence electrons. The van der Waals surface area contributed by atoms with Gasteiger partial charge in [0.25, 0.3) is 0 Å². The summed E-state index contributed by atoms with van der Waals surface area (Å²) in [7, 11) is 0. The maximum atomic E-state index is 13.5. The van der Waals surface area contributed by atoms with Gasteiger partial charge in [-0.15, -0.1) is 0 Å². The van der Waals surface area contributed by atoms with Crippen molar-refractivity contribution >= 4 is 11.6 Å². The minimum atomic E-state index is -1.98. The van der Waals surface area contributed by atoms with Crippen LogP contribution >= 0.6 is 0 Å². The molecular formula is C21H18N6O. The van der Waals surface area contributed by atoms with Crippen LogP contribution in [0.1, 0.15) is 12.5 Å². The van der Waals surface area contributed by atoms with Gasteiger partial charge < -0.3 is 11.1 Å². The van der Waals surface area contributed by atoms with Crippen LogP contribution in [-0.4, -0.2) is 30.4 Å². The Kier molecular flexibility index (Phi) is 3.79. The highest BCUT2D eigenvalue weighted by Gasteiger charge is 2.71. The van der Waals surface area contributed by atoms with Crippen LogP contribution in [0.15, 0.2) is 47.2 Å². The molecule has 3 N–H and O–H groups in total. The first-order valence-electron chi connectivity index (χ1n) is 9.08. The average molecular weight is 370 g/mol. The van der Waals surface area contributed by atoms with Gasteiger partial charge in [-0.2, -0.15) is 15.8 Å². The van der Waals surface area contributed by atoms with E-state index in [1.54, 1.807) is 24.3 Å². The lowest BCUT2D eigenvalue weighted by molar-refractivity contribution is -0.125. The minimum absolute atomic E-state index is 0.140. The molecule has 1 amide bonds. The quantitative estimate of drug-likeness (QED) is 0.771. The molecule has 0 saturated heterocycles. The van der Waals surface area contributed by atoms with Crippen LogP contribution in [0.3, 0.4) is 0 Å². The first-order valence-corrected chi connectivity index (χ1v) is 9.08. The van der Waals surface area contributed by atoms with Crippen molar-refractivity contribution in [3.05, 3.63) is 52.7 Å². The summed E-state index contributed by atoms with van der Waals surface area (Å²) in [6.45, 7) is 3.82. The normalized spacial score (nSPS) is 27.7. The van der Waals surface area contributed by atoms with Crippen LogP contribution in [-0.2, 0) is 10.2 Å².